The Morgan fingerprint density at radius 2 is 2.13 bits per heavy atom. The number of hydrogen-bond donors (Lipinski definition) is 3. The summed E-state index contributed by atoms with van der Waals surface area (Å²) in [5.41, 5.74) is 3.15. The second-order valence-corrected chi connectivity index (χ2v) is 8.88. The normalized spacial score (nSPS) is 18.5. The fourth-order valence-corrected chi connectivity index (χ4v) is 4.95. The Hall–Kier alpha value is -2.91. The van der Waals surface area contributed by atoms with Crippen molar-refractivity contribution in [3.8, 4) is 0 Å². The van der Waals surface area contributed by atoms with Crippen LogP contribution in [0, 0.1) is 6.92 Å². The number of rotatable bonds is 4. The fraction of sp³-hybridized carbons (Fsp3) is 0.333. The van der Waals surface area contributed by atoms with Gasteiger partial charge in [-0.3, -0.25) is 19.7 Å². The zero-order chi connectivity index (χ0) is 22.1. The highest BCUT2D eigenvalue weighted by Crippen LogP contribution is 2.34. The monoisotopic (exact) mass is 460 g/mol. The van der Waals surface area contributed by atoms with Gasteiger partial charge in [-0.05, 0) is 48.4 Å². The van der Waals surface area contributed by atoms with Crippen molar-refractivity contribution in [3.05, 3.63) is 50.2 Å². The lowest BCUT2D eigenvalue weighted by Gasteiger charge is -2.25. The maximum Gasteiger partial charge on any atom is 0.319 e. The summed E-state index contributed by atoms with van der Waals surface area (Å²) in [6.45, 7) is 2.41. The molecule has 1 saturated heterocycles. The lowest BCUT2D eigenvalue weighted by molar-refractivity contribution is -0.132. The lowest BCUT2D eigenvalue weighted by atomic mass is 10.1. The Bertz CT molecular complexity index is 1080. The molecule has 8 nitrogen and oxygen atoms in total. The molecule has 10 heteroatoms. The maximum absolute atomic E-state index is 12.8. The summed E-state index contributed by atoms with van der Waals surface area (Å²) in [6, 6.07) is 4.22. The number of carbonyl (C=O) groups is 4. The highest BCUT2D eigenvalue weighted by molar-refractivity contribution is 7.12. The van der Waals surface area contributed by atoms with Crippen molar-refractivity contribution < 1.29 is 19.2 Å². The number of thiophene rings is 1. The lowest BCUT2D eigenvalue weighted by Crippen LogP contribution is -2.47. The number of urea groups is 1. The Balaban J connectivity index is 1.40. The van der Waals surface area contributed by atoms with Gasteiger partial charge in [-0.2, -0.15) is 0 Å². The predicted octanol–water partition coefficient (Wildman–Crippen LogP) is 3.18. The van der Waals surface area contributed by atoms with Gasteiger partial charge in [-0.1, -0.05) is 17.7 Å². The van der Waals surface area contributed by atoms with Crippen LogP contribution in [0.15, 0.2) is 23.6 Å². The Kier molecular flexibility index (Phi) is 5.97. The molecular weight excluding hydrogens is 440 g/mol. The molecule has 5 amide bonds. The highest BCUT2D eigenvalue weighted by Gasteiger charge is 2.39. The summed E-state index contributed by atoms with van der Waals surface area (Å²) in [5, 5.41) is 10.3. The number of aryl methyl sites for hydroxylation is 1. The largest absolute Gasteiger partial charge is 0.334 e. The molecule has 2 aliphatic rings. The summed E-state index contributed by atoms with van der Waals surface area (Å²) in [6.07, 6.45) is 1.28. The molecule has 0 radical (unpaired) electrons. The van der Waals surface area contributed by atoms with E-state index < -0.39 is 11.9 Å². The van der Waals surface area contributed by atoms with Crippen molar-refractivity contribution in [3.63, 3.8) is 0 Å². The molecule has 4 rings (SSSR count). The molecule has 2 aromatic rings. The minimum atomic E-state index is -0.658. The SMILES string of the molecule is Cc1ccc(NC(=O)NCc2csc3c2CN(C2CCCC(=O)NC2=O)C3=O)cc1Cl. The quantitative estimate of drug-likeness (QED) is 0.609. The van der Waals surface area contributed by atoms with E-state index in [1.54, 1.807) is 12.1 Å². The first-order valence-electron chi connectivity index (χ1n) is 9.88. The number of fused-ring (bicyclic) bond motifs is 1. The number of carbonyl (C=O) groups excluding carboxylic acids is 4. The van der Waals surface area contributed by atoms with Crippen LogP contribution < -0.4 is 16.0 Å². The molecule has 162 valence electrons. The predicted molar refractivity (Wildman–Crippen MR) is 117 cm³/mol. The summed E-state index contributed by atoms with van der Waals surface area (Å²) in [5.74, 6) is -0.944. The molecular formula is C21H21ClN4O4S. The zero-order valence-electron chi connectivity index (χ0n) is 16.8. The minimum absolute atomic E-state index is 0.209. The van der Waals surface area contributed by atoms with Crippen LogP contribution in [0.4, 0.5) is 10.5 Å². The first kappa shape index (κ1) is 21.3. The Labute approximate surface area is 187 Å². The smallest absolute Gasteiger partial charge is 0.319 e. The number of benzene rings is 1. The zero-order valence-corrected chi connectivity index (χ0v) is 18.4. The Morgan fingerprint density at radius 1 is 1.32 bits per heavy atom. The molecule has 1 aromatic carbocycles. The van der Waals surface area contributed by atoms with Crippen molar-refractivity contribution in [2.24, 2.45) is 0 Å². The molecule has 0 spiro atoms. The minimum Gasteiger partial charge on any atom is -0.334 e. The summed E-state index contributed by atoms with van der Waals surface area (Å²) in [4.78, 5) is 51.1. The van der Waals surface area contributed by atoms with Crippen molar-refractivity contribution in [1.29, 1.82) is 0 Å². The van der Waals surface area contributed by atoms with E-state index in [1.807, 2.05) is 18.4 Å². The van der Waals surface area contributed by atoms with E-state index in [0.29, 0.717) is 28.4 Å². The molecule has 1 aromatic heterocycles. The van der Waals surface area contributed by atoms with Gasteiger partial charge in [0.2, 0.25) is 11.8 Å². The van der Waals surface area contributed by atoms with Gasteiger partial charge in [0.1, 0.15) is 6.04 Å². The third-order valence-electron chi connectivity index (χ3n) is 5.46. The van der Waals surface area contributed by atoms with E-state index in [2.05, 4.69) is 16.0 Å². The van der Waals surface area contributed by atoms with Crippen LogP contribution in [0.2, 0.25) is 5.02 Å². The van der Waals surface area contributed by atoms with E-state index >= 15 is 0 Å². The molecule has 1 atom stereocenters. The molecule has 2 aliphatic heterocycles. The van der Waals surface area contributed by atoms with Gasteiger partial charge in [0.05, 0.1) is 4.88 Å². The van der Waals surface area contributed by atoms with E-state index in [4.69, 9.17) is 11.6 Å². The van der Waals surface area contributed by atoms with Crippen molar-refractivity contribution in [2.45, 2.75) is 45.3 Å². The molecule has 1 fully saturated rings. The van der Waals surface area contributed by atoms with E-state index in [9.17, 15) is 19.2 Å². The average molecular weight is 461 g/mol. The summed E-state index contributed by atoms with van der Waals surface area (Å²) >= 11 is 7.39. The Morgan fingerprint density at radius 3 is 2.90 bits per heavy atom. The van der Waals surface area contributed by atoms with Crippen LogP contribution in [0.1, 0.15) is 45.6 Å². The first-order chi connectivity index (χ1) is 14.8. The van der Waals surface area contributed by atoms with Gasteiger partial charge in [-0.25, -0.2) is 4.79 Å². The van der Waals surface area contributed by atoms with Gasteiger partial charge < -0.3 is 15.5 Å². The van der Waals surface area contributed by atoms with Gasteiger partial charge in [0, 0.05) is 35.8 Å². The molecule has 3 N–H and O–H groups in total. The molecule has 0 bridgehead atoms. The van der Waals surface area contributed by atoms with E-state index in [0.717, 1.165) is 16.7 Å². The maximum atomic E-state index is 12.8. The topological polar surface area (TPSA) is 108 Å². The number of amides is 5. The van der Waals surface area contributed by atoms with E-state index in [-0.39, 0.29) is 37.4 Å². The van der Waals surface area contributed by atoms with Crippen molar-refractivity contribution in [1.82, 2.24) is 15.5 Å². The third-order valence-corrected chi connectivity index (χ3v) is 6.92. The standard InChI is InChI=1S/C21H21ClN4O4S/c1-11-5-6-13(7-15(11)22)24-21(30)23-8-12-10-31-18-14(12)9-26(20(18)29)16-3-2-4-17(27)25-19(16)28/h5-7,10,16H,2-4,8-9H2,1H3,(H2,23,24,30)(H,25,27,28). The van der Waals surface area contributed by atoms with Crippen LogP contribution in [-0.4, -0.2) is 34.7 Å². The van der Waals surface area contributed by atoms with Crippen LogP contribution in [-0.2, 0) is 22.7 Å². The number of nitrogens with zero attached hydrogens (tertiary/aromatic N) is 1. The van der Waals surface area contributed by atoms with Crippen LogP contribution in [0.5, 0.6) is 0 Å². The number of halogens is 1. The number of anilines is 1. The van der Waals surface area contributed by atoms with Gasteiger partial charge in [0.25, 0.3) is 5.91 Å². The number of nitrogens with one attached hydrogen (secondary N) is 3. The molecule has 31 heavy (non-hydrogen) atoms. The van der Waals surface area contributed by atoms with E-state index in [1.165, 1.54) is 16.2 Å². The van der Waals surface area contributed by atoms with Gasteiger partial charge >= 0.3 is 6.03 Å². The third kappa shape index (κ3) is 4.42. The van der Waals surface area contributed by atoms with Crippen LogP contribution in [0.25, 0.3) is 0 Å². The second-order valence-electron chi connectivity index (χ2n) is 7.59. The highest BCUT2D eigenvalue weighted by atomic mass is 35.5. The molecule has 0 saturated carbocycles. The average Bonchev–Trinajstić information content (AvgIpc) is 3.21. The number of imide groups is 1. The van der Waals surface area contributed by atoms with Crippen LogP contribution >= 0.6 is 22.9 Å². The van der Waals surface area contributed by atoms with Crippen molar-refractivity contribution in [2.75, 3.05) is 5.32 Å². The fourth-order valence-electron chi connectivity index (χ4n) is 3.73. The molecule has 1 unspecified atom stereocenters. The summed E-state index contributed by atoms with van der Waals surface area (Å²) < 4.78 is 0. The van der Waals surface area contributed by atoms with Gasteiger partial charge in [-0.15, -0.1) is 11.3 Å². The van der Waals surface area contributed by atoms with Crippen LogP contribution in [0.3, 0.4) is 0 Å². The van der Waals surface area contributed by atoms with Gasteiger partial charge in [0.15, 0.2) is 0 Å². The van der Waals surface area contributed by atoms with Crippen molar-refractivity contribution >= 4 is 52.4 Å². The molecule has 3 heterocycles. The summed E-state index contributed by atoms with van der Waals surface area (Å²) in [7, 11) is 0. The second kappa shape index (κ2) is 8.68. The number of hydrogen-bond acceptors (Lipinski definition) is 5. The first-order valence-corrected chi connectivity index (χ1v) is 11.1. The molecule has 0 aliphatic carbocycles.